The molecule has 0 aromatic carbocycles. The van der Waals surface area contributed by atoms with Crippen molar-refractivity contribution >= 4 is 11.9 Å². The van der Waals surface area contributed by atoms with Crippen LogP contribution in [0.15, 0.2) is 42.7 Å². The number of hydrogen-bond acceptors (Lipinski definition) is 4. The summed E-state index contributed by atoms with van der Waals surface area (Å²) in [6, 6.07) is 8.66. The highest BCUT2D eigenvalue weighted by Gasteiger charge is 2.25. The van der Waals surface area contributed by atoms with E-state index in [2.05, 4.69) is 9.97 Å². The van der Waals surface area contributed by atoms with Crippen molar-refractivity contribution in [2.75, 3.05) is 13.1 Å². The molecule has 1 N–H and O–H groups in total. The second-order valence-corrected chi connectivity index (χ2v) is 5.56. The van der Waals surface area contributed by atoms with Gasteiger partial charge in [0.1, 0.15) is 5.69 Å². The largest absolute Gasteiger partial charge is 0.478 e. The maximum Gasteiger partial charge on any atom is 0.337 e. The lowest BCUT2D eigenvalue weighted by atomic mass is 9.92. The zero-order valence-corrected chi connectivity index (χ0v) is 12.6. The van der Waals surface area contributed by atoms with Gasteiger partial charge in [0.15, 0.2) is 0 Å². The average molecular weight is 311 g/mol. The molecule has 1 fully saturated rings. The third-order valence-electron chi connectivity index (χ3n) is 4.12. The van der Waals surface area contributed by atoms with Crippen LogP contribution < -0.4 is 0 Å². The molecule has 0 aliphatic carbocycles. The Bertz CT molecular complexity index is 693. The number of carboxylic acids is 1. The summed E-state index contributed by atoms with van der Waals surface area (Å²) < 4.78 is 0. The molecular formula is C17H17N3O3. The summed E-state index contributed by atoms with van der Waals surface area (Å²) in [5.74, 6) is -0.760. The molecule has 0 saturated carbocycles. The summed E-state index contributed by atoms with van der Waals surface area (Å²) in [5.41, 5.74) is 1.55. The van der Waals surface area contributed by atoms with E-state index in [9.17, 15) is 9.59 Å². The Hall–Kier alpha value is -2.76. The molecule has 2 aromatic heterocycles. The minimum atomic E-state index is -0.972. The van der Waals surface area contributed by atoms with Crippen LogP contribution in [0.1, 0.15) is 45.3 Å². The molecule has 6 nitrogen and oxygen atoms in total. The molecule has 2 aromatic rings. The van der Waals surface area contributed by atoms with Crippen molar-refractivity contribution in [1.29, 1.82) is 0 Å². The Labute approximate surface area is 133 Å². The van der Waals surface area contributed by atoms with Crippen molar-refractivity contribution in [3.05, 3.63) is 59.7 Å². The molecule has 0 atom stereocenters. The number of hydrogen-bond donors (Lipinski definition) is 1. The van der Waals surface area contributed by atoms with E-state index < -0.39 is 5.97 Å². The number of carbonyl (C=O) groups excluding carboxylic acids is 1. The quantitative estimate of drug-likeness (QED) is 0.939. The van der Waals surface area contributed by atoms with Gasteiger partial charge in [-0.2, -0.15) is 0 Å². The molecule has 1 aliphatic heterocycles. The van der Waals surface area contributed by atoms with Crippen molar-refractivity contribution in [1.82, 2.24) is 14.9 Å². The SMILES string of the molecule is O=C(O)c1ccc(C2CCN(C(=O)c3ccccn3)CC2)nc1. The monoisotopic (exact) mass is 311 g/mol. The number of pyridine rings is 2. The first-order valence-electron chi connectivity index (χ1n) is 7.54. The Morgan fingerprint density at radius 3 is 2.43 bits per heavy atom. The normalized spacial score (nSPS) is 15.4. The lowest BCUT2D eigenvalue weighted by molar-refractivity contribution is 0.0689. The summed E-state index contributed by atoms with van der Waals surface area (Å²) in [4.78, 5) is 33.4. The first-order valence-corrected chi connectivity index (χ1v) is 7.54. The summed E-state index contributed by atoms with van der Waals surface area (Å²) in [7, 11) is 0. The smallest absolute Gasteiger partial charge is 0.337 e. The Morgan fingerprint density at radius 1 is 1.09 bits per heavy atom. The molecule has 0 bridgehead atoms. The van der Waals surface area contributed by atoms with Gasteiger partial charge in [-0.1, -0.05) is 6.07 Å². The van der Waals surface area contributed by atoms with Crippen LogP contribution in [0.3, 0.4) is 0 Å². The van der Waals surface area contributed by atoms with Crippen LogP contribution in [0.2, 0.25) is 0 Å². The van der Waals surface area contributed by atoms with Crippen molar-refractivity contribution in [2.45, 2.75) is 18.8 Å². The number of carboxylic acid groups (broad SMARTS) is 1. The maximum absolute atomic E-state index is 12.3. The predicted molar refractivity (Wildman–Crippen MR) is 83.3 cm³/mol. The second kappa shape index (κ2) is 6.56. The van der Waals surface area contributed by atoms with Gasteiger partial charge in [0, 0.05) is 37.1 Å². The average Bonchev–Trinajstić information content (AvgIpc) is 2.62. The van der Waals surface area contributed by atoms with Gasteiger partial charge in [0.25, 0.3) is 5.91 Å². The van der Waals surface area contributed by atoms with Crippen molar-refractivity contribution in [2.24, 2.45) is 0 Å². The molecule has 1 aliphatic rings. The maximum atomic E-state index is 12.3. The third-order valence-corrected chi connectivity index (χ3v) is 4.12. The zero-order chi connectivity index (χ0) is 16.2. The van der Waals surface area contributed by atoms with E-state index in [4.69, 9.17) is 5.11 Å². The van der Waals surface area contributed by atoms with Crippen LogP contribution in [-0.2, 0) is 0 Å². The lowest BCUT2D eigenvalue weighted by Crippen LogP contribution is -2.38. The van der Waals surface area contributed by atoms with Crippen LogP contribution in [0.5, 0.6) is 0 Å². The molecule has 0 spiro atoms. The van der Waals surface area contributed by atoms with Crippen LogP contribution in [-0.4, -0.2) is 44.9 Å². The minimum absolute atomic E-state index is 0.0433. The summed E-state index contributed by atoms with van der Waals surface area (Å²) in [6.45, 7) is 1.31. The van der Waals surface area contributed by atoms with Crippen molar-refractivity contribution in [3.63, 3.8) is 0 Å². The topological polar surface area (TPSA) is 83.4 Å². The van der Waals surface area contributed by atoms with Gasteiger partial charge < -0.3 is 10.0 Å². The molecule has 1 amide bonds. The molecule has 3 heterocycles. The van der Waals surface area contributed by atoms with Crippen LogP contribution >= 0.6 is 0 Å². The molecule has 1 saturated heterocycles. The summed E-state index contributed by atoms with van der Waals surface area (Å²) in [5, 5.41) is 8.90. The third kappa shape index (κ3) is 3.36. The number of nitrogens with zero attached hydrogens (tertiary/aromatic N) is 3. The second-order valence-electron chi connectivity index (χ2n) is 5.56. The fourth-order valence-electron chi connectivity index (χ4n) is 2.80. The van der Waals surface area contributed by atoms with E-state index in [0.29, 0.717) is 18.8 Å². The van der Waals surface area contributed by atoms with E-state index in [-0.39, 0.29) is 17.4 Å². The van der Waals surface area contributed by atoms with E-state index >= 15 is 0 Å². The molecule has 0 radical (unpaired) electrons. The number of rotatable bonds is 3. The zero-order valence-electron chi connectivity index (χ0n) is 12.6. The fraction of sp³-hybridized carbons (Fsp3) is 0.294. The van der Waals surface area contributed by atoms with Crippen LogP contribution in [0.4, 0.5) is 0 Å². The van der Waals surface area contributed by atoms with E-state index in [1.165, 1.54) is 6.20 Å². The fourth-order valence-corrected chi connectivity index (χ4v) is 2.80. The highest BCUT2D eigenvalue weighted by atomic mass is 16.4. The number of aromatic carboxylic acids is 1. The highest BCUT2D eigenvalue weighted by Crippen LogP contribution is 2.27. The lowest BCUT2D eigenvalue weighted by Gasteiger charge is -2.31. The first kappa shape index (κ1) is 15.1. The van der Waals surface area contributed by atoms with Gasteiger partial charge in [-0.05, 0) is 37.1 Å². The van der Waals surface area contributed by atoms with Crippen molar-refractivity contribution < 1.29 is 14.7 Å². The van der Waals surface area contributed by atoms with Gasteiger partial charge in [-0.25, -0.2) is 4.79 Å². The van der Waals surface area contributed by atoms with Crippen LogP contribution in [0, 0.1) is 0 Å². The first-order chi connectivity index (χ1) is 11.1. The number of amides is 1. The number of likely N-dealkylation sites (tertiary alicyclic amines) is 1. The number of piperidine rings is 1. The van der Waals surface area contributed by atoms with Gasteiger partial charge >= 0.3 is 5.97 Å². The number of carbonyl (C=O) groups is 2. The molecular weight excluding hydrogens is 294 g/mol. The van der Waals surface area contributed by atoms with Gasteiger partial charge in [-0.15, -0.1) is 0 Å². The molecule has 0 unspecified atom stereocenters. The van der Waals surface area contributed by atoms with Gasteiger partial charge in [0.05, 0.1) is 5.56 Å². The number of aromatic nitrogens is 2. The Kier molecular flexibility index (Phi) is 4.32. The highest BCUT2D eigenvalue weighted by molar-refractivity contribution is 5.92. The predicted octanol–water partition coefficient (Wildman–Crippen LogP) is 2.19. The van der Waals surface area contributed by atoms with Crippen LogP contribution in [0.25, 0.3) is 0 Å². The van der Waals surface area contributed by atoms with Crippen molar-refractivity contribution in [3.8, 4) is 0 Å². The molecule has 6 heteroatoms. The molecule has 118 valence electrons. The van der Waals surface area contributed by atoms with Gasteiger partial charge in [-0.3, -0.25) is 14.8 Å². The van der Waals surface area contributed by atoms with E-state index in [1.54, 1.807) is 36.5 Å². The Balaban J connectivity index is 1.62. The standard InChI is InChI=1S/C17H17N3O3/c21-16(15-3-1-2-8-18-15)20-9-6-12(7-10-20)14-5-4-13(11-19-14)17(22)23/h1-5,8,11-12H,6-7,9-10H2,(H,22,23). The van der Waals surface area contributed by atoms with Gasteiger partial charge in [0.2, 0.25) is 0 Å². The summed E-state index contributed by atoms with van der Waals surface area (Å²) in [6.07, 6.45) is 4.65. The molecule has 3 rings (SSSR count). The Morgan fingerprint density at radius 2 is 1.87 bits per heavy atom. The van der Waals surface area contributed by atoms with E-state index in [1.807, 2.05) is 4.90 Å². The minimum Gasteiger partial charge on any atom is -0.478 e. The van der Waals surface area contributed by atoms with E-state index in [0.717, 1.165) is 18.5 Å². The summed E-state index contributed by atoms with van der Waals surface area (Å²) >= 11 is 0. The molecule has 23 heavy (non-hydrogen) atoms.